The van der Waals surface area contributed by atoms with Crippen molar-refractivity contribution in [1.82, 2.24) is 0 Å². The highest BCUT2D eigenvalue weighted by Gasteiger charge is 1.96. The van der Waals surface area contributed by atoms with Gasteiger partial charge in [0.25, 0.3) is 0 Å². The summed E-state index contributed by atoms with van der Waals surface area (Å²) in [4.78, 5) is 0. The third-order valence-corrected chi connectivity index (χ3v) is 2.38. The molecule has 0 bridgehead atoms. The van der Waals surface area contributed by atoms with E-state index in [0.717, 1.165) is 22.7 Å². The van der Waals surface area contributed by atoms with Gasteiger partial charge in [0.1, 0.15) is 5.75 Å². The van der Waals surface area contributed by atoms with Crippen LogP contribution in [0.2, 0.25) is 0 Å². The summed E-state index contributed by atoms with van der Waals surface area (Å²) in [5.74, 6) is 0.976. The van der Waals surface area contributed by atoms with E-state index < -0.39 is 0 Å². The molecule has 0 aromatic heterocycles. The molecule has 2 heteroatoms. The minimum Gasteiger partial charge on any atom is -0.494 e. The summed E-state index contributed by atoms with van der Waals surface area (Å²) in [6.07, 6.45) is 2.37. The molecule has 0 fully saturated rings. The van der Waals surface area contributed by atoms with Gasteiger partial charge in [-0.1, -0.05) is 47.7 Å². The summed E-state index contributed by atoms with van der Waals surface area (Å²) in [7, 11) is 0. The van der Waals surface area contributed by atoms with Crippen LogP contribution in [-0.2, 0) is 0 Å². The number of alkyl halides is 1. The monoisotopic (exact) mass is 290 g/mol. The van der Waals surface area contributed by atoms with Gasteiger partial charge >= 0.3 is 0 Å². The Labute approximate surface area is 93.6 Å². The van der Waals surface area contributed by atoms with Gasteiger partial charge in [-0.3, -0.25) is 0 Å². The van der Waals surface area contributed by atoms with Gasteiger partial charge in [-0.15, -0.1) is 0 Å². The van der Waals surface area contributed by atoms with E-state index >= 15 is 0 Å². The predicted molar refractivity (Wildman–Crippen MR) is 64.7 cm³/mol. The van der Waals surface area contributed by atoms with Crippen LogP contribution in [0.1, 0.15) is 19.8 Å². The molecular weight excluding hydrogens is 275 g/mol. The summed E-state index contributed by atoms with van der Waals surface area (Å²) in [5.41, 5.74) is 0. The van der Waals surface area contributed by atoms with Gasteiger partial charge in [0, 0.05) is 3.92 Å². The number of hydrogen-bond acceptors (Lipinski definition) is 1. The van der Waals surface area contributed by atoms with Crippen molar-refractivity contribution in [1.29, 1.82) is 0 Å². The van der Waals surface area contributed by atoms with E-state index in [9.17, 15) is 0 Å². The van der Waals surface area contributed by atoms with E-state index in [4.69, 9.17) is 4.74 Å². The highest BCUT2D eigenvalue weighted by atomic mass is 127. The Morgan fingerprint density at radius 1 is 1.31 bits per heavy atom. The normalized spacial score (nSPS) is 12.5. The molecule has 1 atom stereocenters. The van der Waals surface area contributed by atoms with E-state index in [-0.39, 0.29) is 0 Å². The van der Waals surface area contributed by atoms with E-state index in [2.05, 4.69) is 29.5 Å². The molecule has 0 saturated heterocycles. The third-order valence-electron chi connectivity index (χ3n) is 1.76. The summed E-state index contributed by atoms with van der Waals surface area (Å²) in [6.45, 7) is 3.06. The first kappa shape index (κ1) is 10.8. The molecule has 1 unspecified atom stereocenters. The fraction of sp³-hybridized carbons (Fsp3) is 0.455. The molecule has 0 radical (unpaired) electrons. The van der Waals surface area contributed by atoms with Crippen molar-refractivity contribution < 1.29 is 4.74 Å². The van der Waals surface area contributed by atoms with Gasteiger partial charge in [-0.05, 0) is 25.0 Å². The van der Waals surface area contributed by atoms with Gasteiger partial charge in [0.2, 0.25) is 0 Å². The molecule has 0 spiro atoms. The molecular formula is C11H15IO. The van der Waals surface area contributed by atoms with E-state index in [0.29, 0.717) is 0 Å². The Morgan fingerprint density at radius 3 is 2.62 bits per heavy atom. The first-order chi connectivity index (χ1) is 6.29. The average Bonchev–Trinajstić information content (AvgIpc) is 2.14. The number of rotatable bonds is 5. The topological polar surface area (TPSA) is 9.23 Å². The Kier molecular flexibility index (Phi) is 5.20. The lowest BCUT2D eigenvalue weighted by molar-refractivity contribution is 0.307. The molecule has 0 heterocycles. The minimum atomic E-state index is 0.747. The van der Waals surface area contributed by atoms with Crippen LogP contribution in [0.5, 0.6) is 5.75 Å². The lowest BCUT2D eigenvalue weighted by atomic mass is 10.3. The van der Waals surface area contributed by atoms with Crippen molar-refractivity contribution >= 4 is 22.6 Å². The summed E-state index contributed by atoms with van der Waals surface area (Å²) in [6, 6.07) is 9.98. The fourth-order valence-electron chi connectivity index (χ4n) is 1.07. The second-order valence-corrected chi connectivity index (χ2v) is 5.21. The van der Waals surface area contributed by atoms with E-state index in [1.54, 1.807) is 0 Å². The zero-order valence-corrected chi connectivity index (χ0v) is 10.0. The quantitative estimate of drug-likeness (QED) is 0.457. The van der Waals surface area contributed by atoms with Crippen molar-refractivity contribution in [2.24, 2.45) is 0 Å². The molecule has 1 nitrogen and oxygen atoms in total. The van der Waals surface area contributed by atoms with Crippen LogP contribution < -0.4 is 4.74 Å². The lowest BCUT2D eigenvalue weighted by Crippen LogP contribution is -2.00. The minimum absolute atomic E-state index is 0.747. The molecule has 0 aliphatic rings. The van der Waals surface area contributed by atoms with Gasteiger partial charge in [-0.25, -0.2) is 0 Å². The summed E-state index contributed by atoms with van der Waals surface area (Å²) < 4.78 is 6.30. The van der Waals surface area contributed by atoms with Crippen LogP contribution in [-0.4, -0.2) is 10.5 Å². The first-order valence-corrected chi connectivity index (χ1v) is 5.85. The van der Waals surface area contributed by atoms with Crippen molar-refractivity contribution in [3.05, 3.63) is 30.3 Å². The zero-order chi connectivity index (χ0) is 9.52. The van der Waals surface area contributed by atoms with Crippen LogP contribution >= 0.6 is 22.6 Å². The molecule has 0 saturated carbocycles. The molecule has 1 rings (SSSR count). The second kappa shape index (κ2) is 6.24. The number of para-hydroxylation sites is 1. The molecule has 13 heavy (non-hydrogen) atoms. The second-order valence-electron chi connectivity index (χ2n) is 3.08. The summed E-state index contributed by atoms with van der Waals surface area (Å²) in [5, 5.41) is 0. The van der Waals surface area contributed by atoms with Crippen LogP contribution in [0.25, 0.3) is 0 Å². The van der Waals surface area contributed by atoms with Crippen molar-refractivity contribution in [2.75, 3.05) is 6.61 Å². The molecule has 1 aromatic carbocycles. The standard InChI is InChI=1S/C11H15IO/c1-10(12)6-5-9-13-11-7-3-2-4-8-11/h2-4,7-8,10H,5-6,9H2,1H3. The maximum Gasteiger partial charge on any atom is 0.119 e. The Morgan fingerprint density at radius 2 is 2.00 bits per heavy atom. The highest BCUT2D eigenvalue weighted by molar-refractivity contribution is 14.1. The van der Waals surface area contributed by atoms with Crippen LogP contribution in [0.3, 0.4) is 0 Å². The Bertz CT molecular complexity index is 221. The molecule has 0 aliphatic carbocycles. The van der Waals surface area contributed by atoms with Gasteiger partial charge in [0.05, 0.1) is 6.61 Å². The number of hydrogen-bond donors (Lipinski definition) is 0. The van der Waals surface area contributed by atoms with Crippen LogP contribution in [0.15, 0.2) is 30.3 Å². The van der Waals surface area contributed by atoms with Crippen molar-refractivity contribution in [3.63, 3.8) is 0 Å². The third kappa shape index (κ3) is 5.13. The van der Waals surface area contributed by atoms with Gasteiger partial charge in [0.15, 0.2) is 0 Å². The zero-order valence-electron chi connectivity index (χ0n) is 7.87. The van der Waals surface area contributed by atoms with Gasteiger partial charge < -0.3 is 4.74 Å². The van der Waals surface area contributed by atoms with Gasteiger partial charge in [-0.2, -0.15) is 0 Å². The largest absolute Gasteiger partial charge is 0.494 e. The number of benzene rings is 1. The Hall–Kier alpha value is -0.250. The molecule has 0 amide bonds. The maximum atomic E-state index is 5.55. The molecule has 72 valence electrons. The van der Waals surface area contributed by atoms with Crippen LogP contribution in [0, 0.1) is 0 Å². The lowest BCUT2D eigenvalue weighted by Gasteiger charge is -2.06. The summed E-state index contributed by atoms with van der Waals surface area (Å²) >= 11 is 2.44. The highest BCUT2D eigenvalue weighted by Crippen LogP contribution is 2.11. The molecule has 1 aromatic rings. The van der Waals surface area contributed by atoms with Crippen molar-refractivity contribution in [2.45, 2.75) is 23.7 Å². The molecule has 0 aliphatic heterocycles. The number of ether oxygens (including phenoxy) is 1. The predicted octanol–water partition coefficient (Wildman–Crippen LogP) is 3.67. The van der Waals surface area contributed by atoms with E-state index in [1.807, 2.05) is 30.3 Å². The first-order valence-electron chi connectivity index (χ1n) is 4.61. The fourth-order valence-corrected chi connectivity index (χ4v) is 1.51. The maximum absolute atomic E-state index is 5.55. The van der Waals surface area contributed by atoms with E-state index in [1.165, 1.54) is 6.42 Å². The van der Waals surface area contributed by atoms with Crippen molar-refractivity contribution in [3.8, 4) is 5.75 Å². The number of halogens is 1. The smallest absolute Gasteiger partial charge is 0.119 e. The SMILES string of the molecule is CC(I)CCCOc1ccccc1. The van der Waals surface area contributed by atoms with Crippen LogP contribution in [0.4, 0.5) is 0 Å². The molecule has 0 N–H and O–H groups in total. The Balaban J connectivity index is 2.13. The average molecular weight is 290 g/mol.